The Morgan fingerprint density at radius 1 is 1.00 bits per heavy atom. The van der Waals surface area contributed by atoms with Crippen LogP contribution < -0.4 is 0 Å². The Labute approximate surface area is 182 Å². The lowest BCUT2D eigenvalue weighted by Crippen LogP contribution is -2.29. The van der Waals surface area contributed by atoms with Gasteiger partial charge >= 0.3 is 11.9 Å². The van der Waals surface area contributed by atoms with Gasteiger partial charge in [-0.05, 0) is 57.5 Å². The molecule has 0 aliphatic carbocycles. The van der Waals surface area contributed by atoms with Gasteiger partial charge in [-0.15, -0.1) is 11.8 Å². The van der Waals surface area contributed by atoms with Crippen molar-refractivity contribution in [2.24, 2.45) is 5.92 Å². The minimum Gasteiger partial charge on any atom is -0.461 e. The van der Waals surface area contributed by atoms with E-state index in [0.717, 1.165) is 10.5 Å². The first-order chi connectivity index (χ1) is 14.0. The number of hydrogen-bond acceptors (Lipinski definition) is 5. The van der Waals surface area contributed by atoms with Crippen LogP contribution in [0, 0.1) is 11.7 Å². The van der Waals surface area contributed by atoms with Crippen molar-refractivity contribution >= 4 is 23.7 Å². The average molecular weight is 433 g/mol. The van der Waals surface area contributed by atoms with Gasteiger partial charge in [0.25, 0.3) is 0 Å². The molecule has 0 aromatic heterocycles. The second-order valence-electron chi connectivity index (χ2n) is 8.24. The smallest absolute Gasteiger partial charge is 0.309 e. The van der Waals surface area contributed by atoms with Crippen LogP contribution in [0.25, 0.3) is 0 Å². The third kappa shape index (κ3) is 7.82. The molecule has 0 N–H and O–H groups in total. The van der Waals surface area contributed by atoms with Crippen molar-refractivity contribution in [2.45, 2.75) is 62.9 Å². The van der Waals surface area contributed by atoms with Gasteiger partial charge in [0.2, 0.25) is 0 Å². The van der Waals surface area contributed by atoms with E-state index in [1.165, 1.54) is 23.9 Å². The summed E-state index contributed by atoms with van der Waals surface area (Å²) in [6.45, 7) is 8.84. The number of carbonyl (C=O) groups is 2. The molecule has 0 aliphatic rings. The van der Waals surface area contributed by atoms with Gasteiger partial charge in [0.15, 0.2) is 0 Å². The summed E-state index contributed by atoms with van der Waals surface area (Å²) in [6.07, 6.45) is -0.500. The number of rotatable bonds is 8. The van der Waals surface area contributed by atoms with Crippen molar-refractivity contribution in [1.82, 2.24) is 0 Å². The molecule has 4 nitrogen and oxygen atoms in total. The molecule has 0 saturated carbocycles. The third-order valence-electron chi connectivity index (χ3n) is 4.23. The third-order valence-corrected chi connectivity index (χ3v) is 5.68. The fourth-order valence-electron chi connectivity index (χ4n) is 2.82. The van der Waals surface area contributed by atoms with Crippen molar-refractivity contribution < 1.29 is 23.5 Å². The Morgan fingerprint density at radius 2 is 1.60 bits per heavy atom. The minimum absolute atomic E-state index is 0.0378. The van der Waals surface area contributed by atoms with E-state index in [1.54, 1.807) is 39.8 Å². The maximum Gasteiger partial charge on any atom is 0.309 e. The Morgan fingerprint density at radius 3 is 2.17 bits per heavy atom. The molecule has 162 valence electrons. The van der Waals surface area contributed by atoms with Gasteiger partial charge in [-0.2, -0.15) is 0 Å². The number of carbonyl (C=O) groups excluding carboxylic acids is 2. The Hall–Kier alpha value is -2.34. The van der Waals surface area contributed by atoms with E-state index in [-0.39, 0.29) is 17.5 Å². The molecule has 0 fully saturated rings. The number of thioether (sulfide) groups is 1. The molecule has 2 rings (SSSR count). The van der Waals surface area contributed by atoms with E-state index in [2.05, 4.69) is 0 Å². The molecule has 0 unspecified atom stereocenters. The van der Waals surface area contributed by atoms with E-state index in [0.29, 0.717) is 0 Å². The van der Waals surface area contributed by atoms with E-state index < -0.39 is 29.6 Å². The van der Waals surface area contributed by atoms with Gasteiger partial charge in [-0.3, -0.25) is 9.59 Å². The van der Waals surface area contributed by atoms with Crippen molar-refractivity contribution in [3.63, 3.8) is 0 Å². The summed E-state index contributed by atoms with van der Waals surface area (Å²) in [4.78, 5) is 25.5. The van der Waals surface area contributed by atoms with E-state index in [9.17, 15) is 14.0 Å². The molecule has 2 aromatic carbocycles. The van der Waals surface area contributed by atoms with Gasteiger partial charge < -0.3 is 9.47 Å². The summed E-state index contributed by atoms with van der Waals surface area (Å²) >= 11 is 1.50. The summed E-state index contributed by atoms with van der Waals surface area (Å²) < 4.78 is 24.3. The Bertz CT molecular complexity index is 831. The van der Waals surface area contributed by atoms with Crippen molar-refractivity contribution in [3.05, 3.63) is 66.0 Å². The van der Waals surface area contributed by atoms with Gasteiger partial charge in [0.1, 0.15) is 17.5 Å². The quantitative estimate of drug-likeness (QED) is 0.381. The zero-order chi connectivity index (χ0) is 22.3. The second-order valence-corrected chi connectivity index (χ2v) is 9.45. The van der Waals surface area contributed by atoms with Crippen molar-refractivity contribution in [1.29, 1.82) is 0 Å². The fraction of sp³-hybridized carbons (Fsp3) is 0.417. The molecular formula is C24H29FO4S. The van der Waals surface area contributed by atoms with Crippen LogP contribution in [-0.4, -0.2) is 23.6 Å². The first kappa shape index (κ1) is 23.9. The predicted octanol–water partition coefficient (Wildman–Crippen LogP) is 5.96. The summed E-state index contributed by atoms with van der Waals surface area (Å²) in [5.41, 5.74) is 0.394. The zero-order valence-corrected chi connectivity index (χ0v) is 18.9. The molecule has 0 bridgehead atoms. The van der Waals surface area contributed by atoms with Crippen LogP contribution in [0.4, 0.5) is 4.39 Å². The highest BCUT2D eigenvalue weighted by molar-refractivity contribution is 7.99. The van der Waals surface area contributed by atoms with Crippen molar-refractivity contribution in [2.75, 3.05) is 0 Å². The lowest BCUT2D eigenvalue weighted by atomic mass is 10.1. The van der Waals surface area contributed by atoms with Crippen LogP contribution in [0.5, 0.6) is 0 Å². The van der Waals surface area contributed by atoms with Crippen LogP contribution in [0.1, 0.15) is 51.9 Å². The summed E-state index contributed by atoms with van der Waals surface area (Å²) in [6, 6.07) is 15.9. The highest BCUT2D eigenvalue weighted by Gasteiger charge is 2.28. The fourth-order valence-corrected chi connectivity index (χ4v) is 3.94. The highest BCUT2D eigenvalue weighted by atomic mass is 32.2. The van der Waals surface area contributed by atoms with Crippen molar-refractivity contribution in [3.8, 4) is 0 Å². The second kappa shape index (κ2) is 10.6. The molecule has 0 saturated heterocycles. The van der Waals surface area contributed by atoms with Gasteiger partial charge in [-0.1, -0.05) is 37.3 Å². The first-order valence-corrected chi connectivity index (χ1v) is 10.8. The molecule has 0 spiro atoms. The lowest BCUT2D eigenvalue weighted by Gasteiger charge is -2.26. The molecule has 0 amide bonds. The molecular weight excluding hydrogens is 403 g/mol. The summed E-state index contributed by atoms with van der Waals surface area (Å²) in [5, 5.41) is -0.186. The molecule has 30 heavy (non-hydrogen) atoms. The molecule has 0 aliphatic heterocycles. The van der Waals surface area contributed by atoms with Crippen LogP contribution in [-0.2, 0) is 19.1 Å². The zero-order valence-electron chi connectivity index (χ0n) is 18.1. The van der Waals surface area contributed by atoms with Crippen LogP contribution in [0.15, 0.2) is 59.5 Å². The normalized spacial score (nSPS) is 14.5. The van der Waals surface area contributed by atoms with E-state index >= 15 is 0 Å². The molecule has 0 radical (unpaired) electrons. The number of ether oxygens (including phenoxy) is 2. The number of halogens is 1. The standard InChI is InChI=1S/C24H29FO4S/c1-16(15-21(26)29-24(3,4)5)23(27)28-17(2)22(18-9-7-6-8-10-18)30-20-13-11-19(25)12-14-20/h6-14,16-17,22H,15H2,1-5H3/t16-,17+,22+/m1/s1. The predicted molar refractivity (Wildman–Crippen MR) is 117 cm³/mol. The maximum atomic E-state index is 13.3. The average Bonchev–Trinajstić information content (AvgIpc) is 2.66. The Balaban J connectivity index is 2.08. The van der Waals surface area contributed by atoms with Crippen LogP contribution in [0.2, 0.25) is 0 Å². The number of benzene rings is 2. The summed E-state index contributed by atoms with van der Waals surface area (Å²) in [5.74, 6) is -1.80. The van der Waals surface area contributed by atoms with Gasteiger partial charge in [0.05, 0.1) is 17.6 Å². The van der Waals surface area contributed by atoms with E-state index in [4.69, 9.17) is 9.47 Å². The topological polar surface area (TPSA) is 52.6 Å². The first-order valence-electron chi connectivity index (χ1n) is 9.94. The largest absolute Gasteiger partial charge is 0.461 e. The minimum atomic E-state index is -0.616. The van der Waals surface area contributed by atoms with Crippen LogP contribution in [0.3, 0.4) is 0 Å². The maximum absolute atomic E-state index is 13.3. The SMILES string of the molecule is C[C@H](CC(=O)OC(C)(C)C)C(=O)O[C@@H](C)[C@H](Sc1ccc(F)cc1)c1ccccc1. The van der Waals surface area contributed by atoms with Crippen LogP contribution >= 0.6 is 11.8 Å². The lowest BCUT2D eigenvalue weighted by molar-refractivity contribution is -0.163. The molecule has 0 heterocycles. The van der Waals surface area contributed by atoms with E-state index in [1.807, 2.05) is 37.3 Å². The number of hydrogen-bond donors (Lipinski definition) is 0. The highest BCUT2D eigenvalue weighted by Crippen LogP contribution is 2.39. The molecule has 2 aromatic rings. The summed E-state index contributed by atoms with van der Waals surface area (Å²) in [7, 11) is 0. The van der Waals surface area contributed by atoms with Gasteiger partial charge in [-0.25, -0.2) is 4.39 Å². The molecule has 3 atom stereocenters. The molecule has 6 heteroatoms. The Kier molecular flexibility index (Phi) is 8.47. The number of esters is 2. The van der Waals surface area contributed by atoms with Gasteiger partial charge in [0, 0.05) is 4.90 Å². The monoisotopic (exact) mass is 432 g/mol.